The third-order valence-corrected chi connectivity index (χ3v) is 8.09. The van der Waals surface area contributed by atoms with E-state index in [4.69, 9.17) is 14.5 Å². The molecule has 3 aliphatic rings. The quantitative estimate of drug-likeness (QED) is 0.543. The molecule has 0 radical (unpaired) electrons. The van der Waals surface area contributed by atoms with E-state index in [1.54, 1.807) is 0 Å². The van der Waals surface area contributed by atoms with Crippen LogP contribution >= 0.6 is 0 Å². The lowest BCUT2D eigenvalue weighted by Gasteiger charge is -2.40. The number of hydrogen-bond acceptors (Lipinski definition) is 4. The Hall–Kier alpha value is -1.75. The summed E-state index contributed by atoms with van der Waals surface area (Å²) in [5.74, 6) is 0.274. The van der Waals surface area contributed by atoms with E-state index in [-0.39, 0.29) is 22.9 Å². The summed E-state index contributed by atoms with van der Waals surface area (Å²) < 4.78 is 12.9. The van der Waals surface area contributed by atoms with Crippen molar-refractivity contribution in [3.05, 3.63) is 63.5 Å². The lowest BCUT2D eigenvalue weighted by atomic mass is 9.70. The van der Waals surface area contributed by atoms with Crippen LogP contribution in [0.1, 0.15) is 125 Å². The first-order valence-electron chi connectivity index (χ1n) is 13.0. The van der Waals surface area contributed by atoms with E-state index in [2.05, 4.69) is 72.7 Å². The number of fused-ring (bicyclic) bond motifs is 4. The van der Waals surface area contributed by atoms with Crippen LogP contribution in [-0.4, -0.2) is 23.3 Å². The van der Waals surface area contributed by atoms with Crippen molar-refractivity contribution in [3.63, 3.8) is 0 Å². The maximum Gasteiger partial charge on any atom is 0.111 e. The molecule has 3 heterocycles. The van der Waals surface area contributed by atoms with Crippen LogP contribution in [0.2, 0.25) is 0 Å². The Labute approximate surface area is 205 Å². The second-order valence-corrected chi connectivity index (χ2v) is 12.8. The van der Waals surface area contributed by atoms with Crippen molar-refractivity contribution < 1.29 is 14.6 Å². The van der Waals surface area contributed by atoms with E-state index in [9.17, 15) is 5.11 Å². The first-order valence-corrected chi connectivity index (χ1v) is 13.0. The molecule has 34 heavy (non-hydrogen) atoms. The van der Waals surface area contributed by atoms with Crippen molar-refractivity contribution in [2.75, 3.05) is 13.2 Å². The van der Waals surface area contributed by atoms with Gasteiger partial charge >= 0.3 is 0 Å². The van der Waals surface area contributed by atoms with Crippen LogP contribution in [0.25, 0.3) is 0 Å². The second kappa shape index (κ2) is 8.15. The van der Waals surface area contributed by atoms with E-state index in [0.29, 0.717) is 13.2 Å². The Morgan fingerprint density at radius 2 is 1.68 bits per heavy atom. The zero-order valence-electron chi connectivity index (χ0n) is 22.0. The number of ether oxygens (including phenoxy) is 2. The van der Waals surface area contributed by atoms with Crippen molar-refractivity contribution in [3.8, 4) is 0 Å². The van der Waals surface area contributed by atoms with Gasteiger partial charge in [-0.2, -0.15) is 0 Å². The summed E-state index contributed by atoms with van der Waals surface area (Å²) in [5.41, 5.74) is 7.91. The van der Waals surface area contributed by atoms with Crippen LogP contribution in [0, 0.1) is 5.41 Å². The summed E-state index contributed by atoms with van der Waals surface area (Å²) in [4.78, 5) is 5.27. The molecule has 1 spiro atoms. The largest absolute Gasteiger partial charge is 0.388 e. The number of nitrogens with zero attached hydrogens (tertiary/aromatic N) is 1. The summed E-state index contributed by atoms with van der Waals surface area (Å²) in [6, 6.07) is 8.95. The summed E-state index contributed by atoms with van der Waals surface area (Å²) in [6.45, 7) is 17.0. The SMILES string of the molecule is CC(C)c1nc2c(c3c1[C@@H](c1ccc(C(C)(C)C)cc1)OC31CCOCC1)[C@@H](O)CC(C)(C)C2. The van der Waals surface area contributed by atoms with Crippen LogP contribution in [0.5, 0.6) is 0 Å². The predicted molar refractivity (Wildman–Crippen MR) is 135 cm³/mol. The molecule has 184 valence electrons. The molecular formula is C30H41NO3. The standard InChI is InChI=1S/C30H41NO3/c1-18(2)26-24-25(23-21(31-26)16-29(6,7)17-22(23)32)30(12-14-33-15-13-30)34-27(24)19-8-10-20(11-9-19)28(3,4)5/h8-11,18,22,27,32H,12-17H2,1-7H3/t22-,27+/m0/s1. The molecule has 1 saturated heterocycles. The maximum absolute atomic E-state index is 11.5. The van der Waals surface area contributed by atoms with Crippen molar-refractivity contribution in [2.45, 2.75) is 103 Å². The summed E-state index contributed by atoms with van der Waals surface area (Å²) in [7, 11) is 0. The Morgan fingerprint density at radius 1 is 1.03 bits per heavy atom. The Morgan fingerprint density at radius 3 is 2.26 bits per heavy atom. The van der Waals surface area contributed by atoms with Gasteiger partial charge in [-0.1, -0.05) is 72.7 Å². The highest BCUT2D eigenvalue weighted by Crippen LogP contribution is 2.57. The van der Waals surface area contributed by atoms with Gasteiger partial charge in [-0.3, -0.25) is 4.98 Å². The highest BCUT2D eigenvalue weighted by atomic mass is 16.5. The molecule has 4 nitrogen and oxygen atoms in total. The Balaban J connectivity index is 1.74. The third kappa shape index (κ3) is 3.92. The van der Waals surface area contributed by atoms with Gasteiger partial charge in [-0.05, 0) is 46.3 Å². The van der Waals surface area contributed by atoms with Crippen LogP contribution in [0.4, 0.5) is 0 Å². The molecule has 2 aromatic rings. The Kier molecular flexibility index (Phi) is 5.74. The van der Waals surface area contributed by atoms with Crippen molar-refractivity contribution in [1.82, 2.24) is 4.98 Å². The molecule has 1 aromatic carbocycles. The van der Waals surface area contributed by atoms with Gasteiger partial charge in [-0.25, -0.2) is 0 Å². The number of pyridine rings is 1. The fourth-order valence-corrected chi connectivity index (χ4v) is 6.33. The van der Waals surface area contributed by atoms with Crippen LogP contribution in [0.15, 0.2) is 24.3 Å². The number of benzene rings is 1. The number of rotatable bonds is 2. The van der Waals surface area contributed by atoms with Gasteiger partial charge in [0.1, 0.15) is 6.10 Å². The molecule has 1 aromatic heterocycles. The molecule has 0 unspecified atom stereocenters. The predicted octanol–water partition coefficient (Wildman–Crippen LogP) is 6.63. The van der Waals surface area contributed by atoms with E-state index in [1.807, 2.05) is 0 Å². The highest BCUT2D eigenvalue weighted by molar-refractivity contribution is 5.54. The normalized spacial score (nSPS) is 25.4. The zero-order valence-corrected chi connectivity index (χ0v) is 22.0. The Bertz CT molecular complexity index is 1070. The highest BCUT2D eigenvalue weighted by Gasteiger charge is 2.52. The van der Waals surface area contributed by atoms with Crippen LogP contribution in [-0.2, 0) is 26.9 Å². The minimum absolute atomic E-state index is 0.0341. The third-order valence-electron chi connectivity index (χ3n) is 8.09. The molecule has 1 fully saturated rings. The molecule has 0 amide bonds. The van der Waals surface area contributed by atoms with Gasteiger partial charge in [0, 0.05) is 48.6 Å². The summed E-state index contributed by atoms with van der Waals surface area (Å²) >= 11 is 0. The smallest absolute Gasteiger partial charge is 0.111 e. The number of aromatic nitrogens is 1. The number of hydrogen-bond donors (Lipinski definition) is 1. The summed E-state index contributed by atoms with van der Waals surface area (Å²) in [6.07, 6.45) is 2.61. The van der Waals surface area contributed by atoms with Crippen LogP contribution in [0.3, 0.4) is 0 Å². The zero-order chi connectivity index (χ0) is 24.5. The first-order chi connectivity index (χ1) is 15.9. The van der Waals surface area contributed by atoms with Crippen molar-refractivity contribution in [2.24, 2.45) is 5.41 Å². The molecule has 4 heteroatoms. The van der Waals surface area contributed by atoms with Gasteiger partial charge in [0.15, 0.2) is 0 Å². The molecule has 1 aliphatic carbocycles. The van der Waals surface area contributed by atoms with E-state index in [0.717, 1.165) is 42.6 Å². The average molecular weight is 464 g/mol. The monoisotopic (exact) mass is 463 g/mol. The van der Waals surface area contributed by atoms with Gasteiger partial charge in [0.25, 0.3) is 0 Å². The van der Waals surface area contributed by atoms with E-state index >= 15 is 0 Å². The fourth-order valence-electron chi connectivity index (χ4n) is 6.33. The van der Waals surface area contributed by atoms with Crippen molar-refractivity contribution >= 4 is 0 Å². The van der Waals surface area contributed by atoms with E-state index in [1.165, 1.54) is 22.3 Å². The molecule has 2 atom stereocenters. The van der Waals surface area contributed by atoms with Gasteiger partial charge < -0.3 is 14.6 Å². The maximum atomic E-state index is 11.5. The lowest BCUT2D eigenvalue weighted by Crippen LogP contribution is -2.37. The fraction of sp³-hybridized carbons (Fsp3) is 0.633. The minimum Gasteiger partial charge on any atom is -0.388 e. The van der Waals surface area contributed by atoms with Gasteiger partial charge in [0.05, 0.1) is 11.7 Å². The van der Waals surface area contributed by atoms with Gasteiger partial charge in [0.2, 0.25) is 0 Å². The molecule has 1 N–H and O–H groups in total. The van der Waals surface area contributed by atoms with Gasteiger partial charge in [-0.15, -0.1) is 0 Å². The second-order valence-electron chi connectivity index (χ2n) is 12.8. The molecule has 2 aliphatic heterocycles. The molecule has 5 rings (SSSR count). The number of aliphatic hydroxyl groups excluding tert-OH is 1. The molecule has 0 saturated carbocycles. The summed E-state index contributed by atoms with van der Waals surface area (Å²) in [5, 5.41) is 11.5. The minimum atomic E-state index is -0.508. The topological polar surface area (TPSA) is 51.6 Å². The molecule has 0 bridgehead atoms. The lowest BCUT2D eigenvalue weighted by molar-refractivity contribution is -0.122. The average Bonchev–Trinajstić information content (AvgIpc) is 3.06. The molecular weight excluding hydrogens is 422 g/mol. The van der Waals surface area contributed by atoms with E-state index < -0.39 is 11.7 Å². The van der Waals surface area contributed by atoms with Crippen LogP contribution < -0.4 is 0 Å². The van der Waals surface area contributed by atoms with Crippen molar-refractivity contribution in [1.29, 1.82) is 0 Å². The first kappa shape index (κ1) is 24.0. The number of aliphatic hydroxyl groups is 1.